The number of aromatic nitrogens is 1. The lowest BCUT2D eigenvalue weighted by Gasteiger charge is -2.26. The Balaban J connectivity index is 1.61. The monoisotopic (exact) mass is 579 g/mol. The second-order valence-electron chi connectivity index (χ2n) is 9.15. The molecule has 1 saturated heterocycles. The third-order valence-electron chi connectivity index (χ3n) is 6.55. The normalized spacial score (nSPS) is 21.6. The van der Waals surface area contributed by atoms with E-state index < -0.39 is 41.7 Å². The number of alkyl halides is 6. The first kappa shape index (κ1) is 26.6. The number of ether oxygens (including phenoxy) is 1. The van der Waals surface area contributed by atoms with Crippen LogP contribution in [0.3, 0.4) is 0 Å². The van der Waals surface area contributed by atoms with Crippen molar-refractivity contribution in [3.8, 4) is 0 Å². The summed E-state index contributed by atoms with van der Waals surface area (Å²) < 4.78 is 86.0. The van der Waals surface area contributed by atoms with E-state index in [0.717, 1.165) is 25.7 Å². The van der Waals surface area contributed by atoms with E-state index in [-0.39, 0.29) is 24.2 Å². The van der Waals surface area contributed by atoms with Crippen LogP contribution in [0.5, 0.6) is 0 Å². The number of halogens is 7. The molecule has 1 N–H and O–H groups in total. The Hall–Kier alpha value is -2.50. The first-order valence-electron chi connectivity index (χ1n) is 11.5. The number of nitrogens with one attached hydrogen (secondary N) is 1. The van der Waals surface area contributed by atoms with Crippen molar-refractivity contribution >= 4 is 27.8 Å². The van der Waals surface area contributed by atoms with E-state index in [2.05, 4.69) is 26.2 Å². The van der Waals surface area contributed by atoms with Gasteiger partial charge in [0.1, 0.15) is 11.9 Å². The van der Waals surface area contributed by atoms with E-state index in [9.17, 15) is 31.1 Å². The summed E-state index contributed by atoms with van der Waals surface area (Å²) in [5.41, 5.74) is -2.62. The molecule has 1 aliphatic heterocycles. The number of pyridine rings is 1. The molecule has 0 spiro atoms. The molecule has 2 aliphatic rings. The third kappa shape index (κ3) is 5.90. The van der Waals surface area contributed by atoms with E-state index >= 15 is 0 Å². The Labute approximate surface area is 212 Å². The molecule has 4 rings (SSSR count). The van der Waals surface area contributed by atoms with Gasteiger partial charge in [-0.1, -0.05) is 19.3 Å². The molecule has 12 heteroatoms. The van der Waals surface area contributed by atoms with Gasteiger partial charge >= 0.3 is 18.4 Å². The Morgan fingerprint density at radius 1 is 1.03 bits per heavy atom. The largest absolute Gasteiger partial charge is 0.439 e. The Bertz CT molecular complexity index is 1090. The highest BCUT2D eigenvalue weighted by molar-refractivity contribution is 9.10. The number of cyclic esters (lactones) is 1. The molecule has 1 aromatic heterocycles. The van der Waals surface area contributed by atoms with Gasteiger partial charge in [-0.2, -0.15) is 26.3 Å². The fourth-order valence-corrected chi connectivity index (χ4v) is 5.04. The topological polar surface area (TPSA) is 54.5 Å². The van der Waals surface area contributed by atoms with Gasteiger partial charge in [0.05, 0.1) is 23.7 Å². The first-order valence-corrected chi connectivity index (χ1v) is 12.3. The van der Waals surface area contributed by atoms with E-state index in [1.165, 1.54) is 18.2 Å². The third-order valence-corrected chi connectivity index (χ3v) is 6.98. The van der Waals surface area contributed by atoms with Crippen LogP contribution in [0.4, 0.5) is 37.0 Å². The molecule has 5 nitrogen and oxygen atoms in total. The highest BCUT2D eigenvalue weighted by Gasteiger charge is 2.43. The molecule has 1 amide bonds. The Morgan fingerprint density at radius 3 is 2.22 bits per heavy atom. The average Bonchev–Trinajstić information content (AvgIpc) is 3.08. The Kier molecular flexibility index (Phi) is 7.45. The molecule has 2 atom stereocenters. The number of carbonyl (C=O) groups excluding carboxylic acids is 1. The molecular weight excluding hydrogens is 556 g/mol. The van der Waals surface area contributed by atoms with Crippen molar-refractivity contribution in [1.82, 2.24) is 9.88 Å². The van der Waals surface area contributed by atoms with Crippen LogP contribution >= 0.6 is 15.9 Å². The highest BCUT2D eigenvalue weighted by Crippen LogP contribution is 2.41. The van der Waals surface area contributed by atoms with Gasteiger partial charge in [-0.25, -0.2) is 9.78 Å². The molecular formula is C24H24BrF6N3O2. The van der Waals surface area contributed by atoms with Gasteiger partial charge < -0.3 is 10.1 Å². The number of amides is 1. The lowest BCUT2D eigenvalue weighted by molar-refractivity contribution is -0.143. The second-order valence-corrected chi connectivity index (χ2v) is 10.1. The molecule has 196 valence electrons. The second kappa shape index (κ2) is 10.1. The summed E-state index contributed by atoms with van der Waals surface area (Å²) in [6.07, 6.45) is -5.19. The lowest BCUT2D eigenvalue weighted by atomic mass is 9.95. The SMILES string of the molecule is C[C@H]1[C@@H](c2cc(C(F)(F)F)cc(C(F)(F)F)c2)OC(=O)N1Cc1cc(Br)cnc1NC1CCCCC1. The lowest BCUT2D eigenvalue weighted by Crippen LogP contribution is -2.32. The van der Waals surface area contributed by atoms with Gasteiger partial charge in [0.2, 0.25) is 0 Å². The molecule has 2 fully saturated rings. The zero-order valence-electron chi connectivity index (χ0n) is 19.2. The van der Waals surface area contributed by atoms with Crippen molar-refractivity contribution in [2.75, 3.05) is 5.32 Å². The number of hydrogen-bond donors (Lipinski definition) is 1. The average molecular weight is 580 g/mol. The number of rotatable bonds is 5. The quantitative estimate of drug-likeness (QED) is 0.369. The minimum absolute atomic E-state index is 0.0169. The standard InChI is InChI=1S/C24H24BrF6N3O2/c1-13-20(14-7-16(23(26,27)28)10-17(8-14)24(29,30)31)36-22(35)34(13)12-15-9-18(25)11-32-21(15)33-19-5-3-2-4-6-19/h7-11,13,19-20H,2-6,12H2,1H3,(H,32,33)/t13-,20-/m0/s1. The van der Waals surface area contributed by atoms with Crippen molar-refractivity contribution in [2.24, 2.45) is 0 Å². The maximum absolute atomic E-state index is 13.3. The number of benzene rings is 1. The van der Waals surface area contributed by atoms with Crippen molar-refractivity contribution in [2.45, 2.75) is 76.1 Å². The highest BCUT2D eigenvalue weighted by atomic mass is 79.9. The summed E-state index contributed by atoms with van der Waals surface area (Å²) in [6, 6.07) is 2.43. The maximum atomic E-state index is 13.3. The first-order chi connectivity index (χ1) is 16.8. The van der Waals surface area contributed by atoms with E-state index in [0.29, 0.717) is 28.0 Å². The van der Waals surface area contributed by atoms with Gasteiger partial charge in [-0.15, -0.1) is 0 Å². The predicted molar refractivity (Wildman–Crippen MR) is 123 cm³/mol. The van der Waals surface area contributed by atoms with Crippen LogP contribution in [-0.4, -0.2) is 28.1 Å². The van der Waals surface area contributed by atoms with E-state index in [1.807, 2.05) is 0 Å². The molecule has 2 heterocycles. The summed E-state index contributed by atoms with van der Waals surface area (Å²) >= 11 is 3.36. The molecule has 36 heavy (non-hydrogen) atoms. The van der Waals surface area contributed by atoms with Gasteiger partial charge in [0.25, 0.3) is 0 Å². The predicted octanol–water partition coefficient (Wildman–Crippen LogP) is 7.71. The number of carbonyl (C=O) groups is 1. The van der Waals surface area contributed by atoms with Crippen molar-refractivity contribution in [1.29, 1.82) is 0 Å². The minimum Gasteiger partial charge on any atom is -0.439 e. The van der Waals surface area contributed by atoms with E-state index in [4.69, 9.17) is 4.74 Å². The van der Waals surface area contributed by atoms with Crippen molar-refractivity contribution < 1.29 is 35.9 Å². The number of hydrogen-bond acceptors (Lipinski definition) is 4. The van der Waals surface area contributed by atoms with Crippen LogP contribution in [0.1, 0.15) is 67.4 Å². The zero-order chi connectivity index (χ0) is 26.3. The van der Waals surface area contributed by atoms with Crippen LogP contribution in [0.2, 0.25) is 0 Å². The summed E-state index contributed by atoms with van der Waals surface area (Å²) in [5, 5.41) is 3.41. The van der Waals surface area contributed by atoms with Crippen molar-refractivity contribution in [3.63, 3.8) is 0 Å². The molecule has 2 aromatic rings. The molecule has 1 aromatic carbocycles. The molecule has 0 bridgehead atoms. The number of anilines is 1. The van der Waals surface area contributed by atoms with Gasteiger partial charge in [-0.05, 0) is 65.5 Å². The minimum atomic E-state index is -5.00. The fraction of sp³-hybridized carbons (Fsp3) is 0.500. The Morgan fingerprint density at radius 2 is 1.64 bits per heavy atom. The smallest absolute Gasteiger partial charge is 0.416 e. The van der Waals surface area contributed by atoms with Crippen LogP contribution in [-0.2, 0) is 23.6 Å². The van der Waals surface area contributed by atoms with Crippen LogP contribution < -0.4 is 5.32 Å². The molecule has 0 unspecified atom stereocenters. The summed E-state index contributed by atoms with van der Waals surface area (Å²) in [5.74, 6) is 0.576. The number of nitrogens with zero attached hydrogens (tertiary/aromatic N) is 2. The van der Waals surface area contributed by atoms with Gasteiger partial charge in [0.15, 0.2) is 0 Å². The molecule has 0 radical (unpaired) electrons. The maximum Gasteiger partial charge on any atom is 0.416 e. The van der Waals surface area contributed by atoms with Crippen LogP contribution in [0.25, 0.3) is 0 Å². The van der Waals surface area contributed by atoms with Crippen LogP contribution in [0.15, 0.2) is 34.9 Å². The van der Waals surface area contributed by atoms with Gasteiger partial charge in [0, 0.05) is 22.3 Å². The van der Waals surface area contributed by atoms with Gasteiger partial charge in [-0.3, -0.25) is 4.90 Å². The van der Waals surface area contributed by atoms with Crippen LogP contribution in [0, 0.1) is 0 Å². The summed E-state index contributed by atoms with van der Waals surface area (Å²) in [6.45, 7) is 1.55. The summed E-state index contributed by atoms with van der Waals surface area (Å²) in [4.78, 5) is 18.4. The zero-order valence-corrected chi connectivity index (χ0v) is 20.8. The fourth-order valence-electron chi connectivity index (χ4n) is 4.66. The summed E-state index contributed by atoms with van der Waals surface area (Å²) in [7, 11) is 0. The molecule has 1 saturated carbocycles. The van der Waals surface area contributed by atoms with E-state index in [1.54, 1.807) is 12.3 Å². The van der Waals surface area contributed by atoms with Crippen molar-refractivity contribution in [3.05, 3.63) is 57.2 Å². The molecule has 1 aliphatic carbocycles.